The topological polar surface area (TPSA) is 57.5 Å². The Kier molecular flexibility index (Phi) is 6.03. The molecule has 1 aliphatic carbocycles. The molecule has 1 aromatic heterocycles. The highest BCUT2D eigenvalue weighted by atomic mass is 35.5. The monoisotopic (exact) mass is 473 g/mol. The molecule has 2 aromatic carbocycles. The van der Waals surface area contributed by atoms with Gasteiger partial charge in [0.1, 0.15) is 5.75 Å². The van der Waals surface area contributed by atoms with E-state index in [-0.39, 0.29) is 16.2 Å². The highest BCUT2D eigenvalue weighted by Gasteiger charge is 2.44. The normalized spacial score (nSPS) is 20.8. The molecule has 0 bridgehead atoms. The van der Waals surface area contributed by atoms with Crippen LogP contribution in [0.1, 0.15) is 59.2 Å². The van der Waals surface area contributed by atoms with Crippen molar-refractivity contribution in [1.82, 2.24) is 4.98 Å². The van der Waals surface area contributed by atoms with Crippen LogP contribution in [0.5, 0.6) is 5.75 Å². The molecular weight excluding hydrogens is 449 g/mol. The molecule has 1 aliphatic rings. The molecule has 7 heteroatoms. The molecule has 4 nitrogen and oxygen atoms in total. The summed E-state index contributed by atoms with van der Waals surface area (Å²) in [7, 11) is 0. The Labute approximate surface area is 197 Å². The van der Waals surface area contributed by atoms with Crippen LogP contribution in [0.2, 0.25) is 10.0 Å². The van der Waals surface area contributed by atoms with Crippen LogP contribution in [0.25, 0.3) is 0 Å². The summed E-state index contributed by atoms with van der Waals surface area (Å²) in [6.45, 7) is 8.97. The quantitative estimate of drug-likeness (QED) is 0.300. The molecule has 2 N–H and O–H groups in total. The summed E-state index contributed by atoms with van der Waals surface area (Å²) < 4.78 is 0. The number of phenols is 1. The van der Waals surface area contributed by atoms with E-state index >= 15 is 0 Å². The number of aromatic nitrogens is 1. The number of rotatable bonds is 5. The van der Waals surface area contributed by atoms with Crippen LogP contribution >= 0.6 is 34.5 Å². The molecule has 0 aliphatic heterocycles. The Bertz CT molecular complexity index is 1140. The van der Waals surface area contributed by atoms with E-state index in [1.807, 2.05) is 0 Å². The van der Waals surface area contributed by atoms with Gasteiger partial charge in [0.2, 0.25) is 5.13 Å². The fourth-order valence-corrected chi connectivity index (χ4v) is 6.19. The Balaban J connectivity index is 1.42. The van der Waals surface area contributed by atoms with Gasteiger partial charge in [-0.05, 0) is 67.9 Å². The van der Waals surface area contributed by atoms with E-state index in [4.69, 9.17) is 28.2 Å². The van der Waals surface area contributed by atoms with E-state index in [1.54, 1.807) is 6.07 Å². The number of nitrogens with one attached hydrogen (secondary N) is 1. The third kappa shape index (κ3) is 4.45. The predicted molar refractivity (Wildman–Crippen MR) is 131 cm³/mol. The standard InChI is InChI=1S/C24H25Cl2N3OS/c1-13-5-14(2)21(15(3)6-13)24(4)9-17(10-24)20-12-31-23(28-20)29-27-11-16-7-18(25)8-19(26)22(16)30/h5-8,11-12,17,30H,9-10H2,1-4H3,(H,28,29)/b27-11+. The summed E-state index contributed by atoms with van der Waals surface area (Å²) in [5.41, 5.74) is 10.3. The first-order valence-electron chi connectivity index (χ1n) is 10.2. The van der Waals surface area contributed by atoms with Crippen LogP contribution in [0.15, 0.2) is 34.7 Å². The van der Waals surface area contributed by atoms with Crippen LogP contribution in [0.4, 0.5) is 5.13 Å². The number of anilines is 1. The zero-order chi connectivity index (χ0) is 22.3. The number of thiazole rings is 1. The van der Waals surface area contributed by atoms with Crippen molar-refractivity contribution < 1.29 is 5.11 Å². The van der Waals surface area contributed by atoms with Crippen molar-refractivity contribution >= 4 is 45.9 Å². The lowest BCUT2D eigenvalue weighted by atomic mass is 9.57. The molecule has 1 fully saturated rings. The van der Waals surface area contributed by atoms with E-state index in [0.717, 1.165) is 23.7 Å². The number of aromatic hydroxyl groups is 1. The lowest BCUT2D eigenvalue weighted by Crippen LogP contribution is -2.38. The van der Waals surface area contributed by atoms with Gasteiger partial charge in [0, 0.05) is 21.9 Å². The summed E-state index contributed by atoms with van der Waals surface area (Å²) in [5.74, 6) is 0.406. The van der Waals surface area contributed by atoms with Gasteiger partial charge in [-0.2, -0.15) is 5.10 Å². The minimum Gasteiger partial charge on any atom is -0.506 e. The predicted octanol–water partition coefficient (Wildman–Crippen LogP) is 7.36. The molecule has 0 spiro atoms. The molecule has 1 saturated carbocycles. The Morgan fingerprint density at radius 2 is 1.84 bits per heavy atom. The van der Waals surface area contributed by atoms with Gasteiger partial charge in [0.25, 0.3) is 0 Å². The van der Waals surface area contributed by atoms with Gasteiger partial charge in [0.05, 0.1) is 16.9 Å². The number of phenolic OH excluding ortho intramolecular Hbond substituents is 1. The van der Waals surface area contributed by atoms with E-state index in [0.29, 0.717) is 16.5 Å². The first kappa shape index (κ1) is 22.1. The van der Waals surface area contributed by atoms with E-state index in [1.165, 1.54) is 45.9 Å². The number of hydrogen-bond acceptors (Lipinski definition) is 5. The minimum atomic E-state index is -0.0492. The molecule has 4 rings (SSSR count). The highest BCUT2D eigenvalue weighted by Crippen LogP contribution is 2.54. The van der Waals surface area contributed by atoms with Crippen LogP contribution in [0.3, 0.4) is 0 Å². The lowest BCUT2D eigenvalue weighted by molar-refractivity contribution is 0.220. The summed E-state index contributed by atoms with van der Waals surface area (Å²) in [4.78, 5) is 4.72. The van der Waals surface area contributed by atoms with Crippen molar-refractivity contribution in [1.29, 1.82) is 0 Å². The Morgan fingerprint density at radius 1 is 1.16 bits per heavy atom. The summed E-state index contributed by atoms with van der Waals surface area (Å²) in [6, 6.07) is 7.66. The SMILES string of the molecule is Cc1cc(C)c(C2(C)CC(c3csc(N/N=C/c4cc(Cl)cc(Cl)c4O)n3)C2)c(C)c1. The zero-order valence-electron chi connectivity index (χ0n) is 18.0. The van der Waals surface area contributed by atoms with Crippen molar-refractivity contribution in [2.24, 2.45) is 5.10 Å². The molecule has 162 valence electrons. The average Bonchev–Trinajstić information content (AvgIpc) is 3.11. The molecular formula is C24H25Cl2N3OS. The number of hydrogen-bond donors (Lipinski definition) is 2. The van der Waals surface area contributed by atoms with Crippen LogP contribution in [-0.2, 0) is 5.41 Å². The number of hydrazone groups is 1. The van der Waals surface area contributed by atoms with Gasteiger partial charge < -0.3 is 5.11 Å². The fraction of sp³-hybridized carbons (Fsp3) is 0.333. The smallest absolute Gasteiger partial charge is 0.203 e. The maximum Gasteiger partial charge on any atom is 0.203 e. The second kappa shape index (κ2) is 8.45. The van der Waals surface area contributed by atoms with Crippen molar-refractivity contribution in [2.75, 3.05) is 5.43 Å². The van der Waals surface area contributed by atoms with Crippen molar-refractivity contribution in [3.05, 3.63) is 73.2 Å². The highest BCUT2D eigenvalue weighted by molar-refractivity contribution is 7.13. The van der Waals surface area contributed by atoms with Crippen molar-refractivity contribution in [3.8, 4) is 5.75 Å². The van der Waals surface area contributed by atoms with Gasteiger partial charge in [-0.15, -0.1) is 11.3 Å². The first-order chi connectivity index (χ1) is 14.7. The minimum absolute atomic E-state index is 0.0492. The van der Waals surface area contributed by atoms with E-state index < -0.39 is 0 Å². The molecule has 3 aromatic rings. The number of benzene rings is 2. The third-order valence-corrected chi connectivity index (χ3v) is 7.31. The van der Waals surface area contributed by atoms with Crippen molar-refractivity contribution in [2.45, 2.75) is 51.9 Å². The molecule has 31 heavy (non-hydrogen) atoms. The molecule has 0 unspecified atom stereocenters. The molecule has 0 amide bonds. The summed E-state index contributed by atoms with van der Waals surface area (Å²) in [6.07, 6.45) is 3.68. The number of nitrogens with zero attached hydrogens (tertiary/aromatic N) is 2. The fourth-order valence-electron chi connectivity index (χ4n) is 4.94. The second-order valence-electron chi connectivity index (χ2n) is 8.71. The number of aryl methyl sites for hydroxylation is 3. The van der Waals surface area contributed by atoms with E-state index in [2.05, 4.69) is 55.7 Å². The second-order valence-corrected chi connectivity index (χ2v) is 10.4. The maximum atomic E-state index is 10.0. The van der Waals surface area contributed by atoms with Crippen LogP contribution in [0, 0.1) is 20.8 Å². The van der Waals surface area contributed by atoms with Crippen LogP contribution in [-0.4, -0.2) is 16.3 Å². The zero-order valence-corrected chi connectivity index (χ0v) is 20.3. The van der Waals surface area contributed by atoms with Gasteiger partial charge in [0.15, 0.2) is 0 Å². The first-order valence-corrected chi connectivity index (χ1v) is 11.8. The number of halogens is 2. The summed E-state index contributed by atoms with van der Waals surface area (Å²) >= 11 is 13.5. The van der Waals surface area contributed by atoms with Gasteiger partial charge in [-0.3, -0.25) is 5.43 Å². The molecule has 0 radical (unpaired) electrons. The molecule has 0 saturated heterocycles. The van der Waals surface area contributed by atoms with Crippen LogP contribution < -0.4 is 5.43 Å². The maximum absolute atomic E-state index is 10.0. The van der Waals surface area contributed by atoms with Gasteiger partial charge in [-0.1, -0.05) is 47.8 Å². The van der Waals surface area contributed by atoms with Crippen molar-refractivity contribution in [3.63, 3.8) is 0 Å². The van der Waals surface area contributed by atoms with Gasteiger partial charge in [-0.25, -0.2) is 4.98 Å². The third-order valence-electron chi connectivity index (χ3n) is 6.04. The Morgan fingerprint density at radius 3 is 2.52 bits per heavy atom. The van der Waals surface area contributed by atoms with Gasteiger partial charge >= 0.3 is 0 Å². The molecule has 1 heterocycles. The lowest BCUT2D eigenvalue weighted by Gasteiger charge is -2.47. The Hall–Kier alpha value is -2.08. The largest absolute Gasteiger partial charge is 0.506 e. The molecule has 0 atom stereocenters. The average molecular weight is 474 g/mol. The van der Waals surface area contributed by atoms with E-state index in [9.17, 15) is 5.11 Å². The summed E-state index contributed by atoms with van der Waals surface area (Å²) in [5, 5.41) is 17.6.